The van der Waals surface area contributed by atoms with Crippen molar-refractivity contribution in [3.8, 4) is 0 Å². The molecule has 0 aliphatic heterocycles. The van der Waals surface area contributed by atoms with Crippen molar-refractivity contribution in [1.29, 1.82) is 0 Å². The van der Waals surface area contributed by atoms with E-state index < -0.39 is 10.0 Å². The van der Waals surface area contributed by atoms with Crippen LogP contribution in [0.5, 0.6) is 0 Å². The predicted octanol–water partition coefficient (Wildman–Crippen LogP) is 1.73. The standard InChI is InChI=1S/C14H20N4O2S/c1-4-18-10-16-8-12(18)9-17-14-7-13(6-5-11(14)2)21(19,20)15-3/h5-8,10,15,17H,4,9H2,1-3H3. The Kier molecular flexibility index (Phi) is 4.64. The third kappa shape index (κ3) is 3.43. The summed E-state index contributed by atoms with van der Waals surface area (Å²) in [4.78, 5) is 4.37. The van der Waals surface area contributed by atoms with Crippen molar-refractivity contribution < 1.29 is 8.42 Å². The van der Waals surface area contributed by atoms with Crippen molar-refractivity contribution in [2.75, 3.05) is 12.4 Å². The summed E-state index contributed by atoms with van der Waals surface area (Å²) in [6, 6.07) is 5.04. The normalized spacial score (nSPS) is 11.6. The maximum atomic E-state index is 11.8. The van der Waals surface area contributed by atoms with Crippen LogP contribution >= 0.6 is 0 Å². The number of hydrogen-bond acceptors (Lipinski definition) is 4. The van der Waals surface area contributed by atoms with Crippen molar-refractivity contribution in [1.82, 2.24) is 14.3 Å². The highest BCUT2D eigenvalue weighted by molar-refractivity contribution is 7.89. The summed E-state index contributed by atoms with van der Waals surface area (Å²) in [5, 5.41) is 3.27. The molecule has 1 heterocycles. The van der Waals surface area contributed by atoms with Gasteiger partial charge in [-0.05, 0) is 38.6 Å². The summed E-state index contributed by atoms with van der Waals surface area (Å²) in [6.07, 6.45) is 3.59. The van der Waals surface area contributed by atoms with E-state index in [9.17, 15) is 8.42 Å². The second-order valence-electron chi connectivity index (χ2n) is 4.71. The molecular weight excluding hydrogens is 288 g/mol. The Morgan fingerprint density at radius 3 is 2.76 bits per heavy atom. The SMILES string of the molecule is CCn1cncc1CNc1cc(S(=O)(=O)NC)ccc1C. The number of hydrogen-bond donors (Lipinski definition) is 2. The Morgan fingerprint density at radius 2 is 2.10 bits per heavy atom. The van der Waals surface area contributed by atoms with E-state index in [0.717, 1.165) is 23.5 Å². The highest BCUT2D eigenvalue weighted by Crippen LogP contribution is 2.20. The number of imidazole rings is 1. The molecule has 2 aromatic rings. The van der Waals surface area contributed by atoms with Gasteiger partial charge in [-0.2, -0.15) is 0 Å². The first-order valence-corrected chi connectivity index (χ1v) is 8.23. The molecule has 2 N–H and O–H groups in total. The minimum Gasteiger partial charge on any atom is -0.379 e. The predicted molar refractivity (Wildman–Crippen MR) is 82.7 cm³/mol. The van der Waals surface area contributed by atoms with Crippen LogP contribution < -0.4 is 10.0 Å². The third-order valence-corrected chi connectivity index (χ3v) is 4.80. The smallest absolute Gasteiger partial charge is 0.240 e. The van der Waals surface area contributed by atoms with E-state index in [1.165, 1.54) is 7.05 Å². The van der Waals surface area contributed by atoms with E-state index in [0.29, 0.717) is 6.54 Å². The fraction of sp³-hybridized carbons (Fsp3) is 0.357. The van der Waals surface area contributed by atoms with E-state index in [4.69, 9.17) is 0 Å². The Labute approximate surface area is 125 Å². The summed E-state index contributed by atoms with van der Waals surface area (Å²) in [6.45, 7) is 5.44. The zero-order valence-electron chi connectivity index (χ0n) is 12.4. The third-order valence-electron chi connectivity index (χ3n) is 3.39. The first-order valence-electron chi connectivity index (χ1n) is 6.75. The molecule has 1 aromatic heterocycles. The summed E-state index contributed by atoms with van der Waals surface area (Å²) in [7, 11) is -2.03. The number of rotatable bonds is 6. The molecule has 0 saturated carbocycles. The van der Waals surface area contributed by atoms with Gasteiger partial charge >= 0.3 is 0 Å². The van der Waals surface area contributed by atoms with Crippen LogP contribution in [0, 0.1) is 6.92 Å². The Hall–Kier alpha value is -1.86. The van der Waals surface area contributed by atoms with Crippen LogP contribution in [0.15, 0.2) is 35.6 Å². The molecule has 0 saturated heterocycles. The Morgan fingerprint density at radius 1 is 1.33 bits per heavy atom. The highest BCUT2D eigenvalue weighted by Gasteiger charge is 2.13. The molecule has 114 valence electrons. The zero-order chi connectivity index (χ0) is 15.5. The molecule has 6 nitrogen and oxygen atoms in total. The number of nitrogens with zero attached hydrogens (tertiary/aromatic N) is 2. The summed E-state index contributed by atoms with van der Waals surface area (Å²) < 4.78 is 28.1. The van der Waals surface area contributed by atoms with Gasteiger partial charge in [0.05, 0.1) is 23.5 Å². The number of anilines is 1. The van der Waals surface area contributed by atoms with Gasteiger partial charge in [0.15, 0.2) is 0 Å². The van der Waals surface area contributed by atoms with Crippen LogP contribution in [0.2, 0.25) is 0 Å². The van der Waals surface area contributed by atoms with Crippen molar-refractivity contribution in [2.45, 2.75) is 31.8 Å². The molecule has 0 bridgehead atoms. The molecule has 0 radical (unpaired) electrons. The fourth-order valence-electron chi connectivity index (χ4n) is 2.04. The number of benzene rings is 1. The topological polar surface area (TPSA) is 76.0 Å². The summed E-state index contributed by atoms with van der Waals surface area (Å²) in [5.41, 5.74) is 2.85. The highest BCUT2D eigenvalue weighted by atomic mass is 32.2. The van der Waals surface area contributed by atoms with Gasteiger partial charge in [-0.25, -0.2) is 18.1 Å². The lowest BCUT2D eigenvalue weighted by Crippen LogP contribution is -2.18. The molecule has 0 atom stereocenters. The molecule has 21 heavy (non-hydrogen) atoms. The molecule has 0 aliphatic carbocycles. The van der Waals surface area contributed by atoms with Gasteiger partial charge in [-0.15, -0.1) is 0 Å². The number of nitrogens with one attached hydrogen (secondary N) is 2. The molecule has 2 rings (SSSR count). The van der Waals surface area contributed by atoms with Gasteiger partial charge in [0.25, 0.3) is 0 Å². The Balaban J connectivity index is 2.22. The largest absolute Gasteiger partial charge is 0.379 e. The van der Waals surface area contributed by atoms with Crippen molar-refractivity contribution >= 4 is 15.7 Å². The lowest BCUT2D eigenvalue weighted by atomic mass is 10.2. The zero-order valence-corrected chi connectivity index (χ0v) is 13.2. The van der Waals surface area contributed by atoms with Gasteiger partial charge in [0.2, 0.25) is 10.0 Å². The molecule has 0 unspecified atom stereocenters. The van der Waals surface area contributed by atoms with Crippen LogP contribution in [0.1, 0.15) is 18.2 Å². The van der Waals surface area contributed by atoms with Crippen molar-refractivity contribution in [2.24, 2.45) is 0 Å². The van der Waals surface area contributed by atoms with E-state index in [2.05, 4.69) is 21.9 Å². The van der Waals surface area contributed by atoms with Crippen LogP contribution in [0.4, 0.5) is 5.69 Å². The minimum atomic E-state index is -3.43. The average molecular weight is 308 g/mol. The van der Waals surface area contributed by atoms with Crippen LogP contribution in [0.3, 0.4) is 0 Å². The lowest BCUT2D eigenvalue weighted by molar-refractivity contribution is 0.588. The number of aromatic nitrogens is 2. The number of aryl methyl sites for hydroxylation is 2. The monoisotopic (exact) mass is 308 g/mol. The van der Waals surface area contributed by atoms with E-state index in [-0.39, 0.29) is 4.90 Å². The van der Waals surface area contributed by atoms with Gasteiger partial charge in [-0.1, -0.05) is 6.07 Å². The summed E-state index contributed by atoms with van der Waals surface area (Å²) in [5.74, 6) is 0. The molecule has 0 spiro atoms. The maximum absolute atomic E-state index is 11.8. The van der Waals surface area contributed by atoms with Crippen molar-refractivity contribution in [3.05, 3.63) is 42.0 Å². The number of sulfonamides is 1. The first-order chi connectivity index (χ1) is 9.97. The van der Waals surface area contributed by atoms with Crippen LogP contribution in [-0.4, -0.2) is 25.0 Å². The maximum Gasteiger partial charge on any atom is 0.240 e. The Bertz CT molecular complexity index is 722. The fourth-order valence-corrected chi connectivity index (χ4v) is 2.80. The molecule has 1 aromatic carbocycles. The van der Waals surface area contributed by atoms with Gasteiger partial charge < -0.3 is 9.88 Å². The van der Waals surface area contributed by atoms with E-state index in [1.54, 1.807) is 30.7 Å². The molecule has 0 amide bonds. The van der Waals surface area contributed by atoms with E-state index >= 15 is 0 Å². The van der Waals surface area contributed by atoms with Crippen LogP contribution in [-0.2, 0) is 23.1 Å². The minimum absolute atomic E-state index is 0.252. The molecular formula is C14H20N4O2S. The molecule has 0 aliphatic rings. The molecule has 7 heteroatoms. The second kappa shape index (κ2) is 6.28. The molecule has 0 fully saturated rings. The van der Waals surface area contributed by atoms with Crippen LogP contribution in [0.25, 0.3) is 0 Å². The average Bonchev–Trinajstić information content (AvgIpc) is 2.93. The van der Waals surface area contributed by atoms with Gasteiger partial charge in [0, 0.05) is 18.4 Å². The van der Waals surface area contributed by atoms with Gasteiger partial charge in [0.1, 0.15) is 0 Å². The van der Waals surface area contributed by atoms with Crippen molar-refractivity contribution in [3.63, 3.8) is 0 Å². The quantitative estimate of drug-likeness (QED) is 0.852. The second-order valence-corrected chi connectivity index (χ2v) is 6.60. The lowest BCUT2D eigenvalue weighted by Gasteiger charge is -2.12. The summed E-state index contributed by atoms with van der Waals surface area (Å²) >= 11 is 0. The first kappa shape index (κ1) is 15.5. The van der Waals surface area contributed by atoms with E-state index in [1.807, 2.05) is 11.5 Å². The van der Waals surface area contributed by atoms with Gasteiger partial charge in [-0.3, -0.25) is 0 Å².